The van der Waals surface area contributed by atoms with Gasteiger partial charge in [0.1, 0.15) is 0 Å². The summed E-state index contributed by atoms with van der Waals surface area (Å²) >= 11 is 0. The second kappa shape index (κ2) is 11.6. The fourth-order valence-electron chi connectivity index (χ4n) is 3.35. The summed E-state index contributed by atoms with van der Waals surface area (Å²) in [6, 6.07) is 3.70. The van der Waals surface area contributed by atoms with Crippen LogP contribution in [0.15, 0.2) is 47.7 Å². The zero-order valence-corrected chi connectivity index (χ0v) is 18.3. The van der Waals surface area contributed by atoms with Gasteiger partial charge in [0.2, 0.25) is 5.91 Å². The molecule has 1 amide bonds. The fraction of sp³-hybridized carbons (Fsp3) is 0.458. The summed E-state index contributed by atoms with van der Waals surface area (Å²) in [6.45, 7) is 11.4. The van der Waals surface area contributed by atoms with Gasteiger partial charge in [0.05, 0.1) is 19.3 Å². The van der Waals surface area contributed by atoms with Gasteiger partial charge < -0.3 is 15.0 Å². The number of hydrogen-bond donors (Lipinski definition) is 1. The maximum absolute atomic E-state index is 13.8. The number of carbonyl (C=O) groups is 1. The number of halogens is 2. The lowest BCUT2D eigenvalue weighted by Gasteiger charge is -2.30. The van der Waals surface area contributed by atoms with Crippen LogP contribution in [0.4, 0.5) is 8.78 Å². The smallest absolute Gasteiger partial charge is 0.244 e. The molecule has 0 radical (unpaired) electrons. The lowest BCUT2D eigenvalue weighted by molar-refractivity contribution is -0.116. The van der Waals surface area contributed by atoms with Crippen LogP contribution >= 0.6 is 0 Å². The Morgan fingerprint density at radius 3 is 2.60 bits per heavy atom. The summed E-state index contributed by atoms with van der Waals surface area (Å²) < 4.78 is 32.5. The van der Waals surface area contributed by atoms with Gasteiger partial charge in [-0.15, -0.1) is 0 Å². The van der Waals surface area contributed by atoms with E-state index in [-0.39, 0.29) is 17.5 Å². The van der Waals surface area contributed by atoms with Gasteiger partial charge >= 0.3 is 0 Å². The van der Waals surface area contributed by atoms with Gasteiger partial charge in [-0.25, -0.2) is 8.78 Å². The number of hydrogen-bond acceptors (Lipinski definition) is 3. The van der Waals surface area contributed by atoms with Crippen molar-refractivity contribution in [2.24, 2.45) is 5.92 Å². The highest BCUT2D eigenvalue weighted by Gasteiger charge is 2.16. The summed E-state index contributed by atoms with van der Waals surface area (Å²) in [6.07, 6.45) is 7.51. The van der Waals surface area contributed by atoms with Crippen LogP contribution in [-0.4, -0.2) is 43.2 Å². The van der Waals surface area contributed by atoms with Crippen molar-refractivity contribution in [2.75, 3.05) is 26.3 Å². The number of nitrogens with one attached hydrogen (secondary N) is 1. The van der Waals surface area contributed by atoms with E-state index in [4.69, 9.17) is 4.74 Å². The minimum Gasteiger partial charge on any atom is -0.378 e. The van der Waals surface area contributed by atoms with Gasteiger partial charge in [0, 0.05) is 30.4 Å². The van der Waals surface area contributed by atoms with E-state index in [0.717, 1.165) is 30.4 Å². The molecule has 164 valence electrons. The molecule has 1 unspecified atom stereocenters. The second-order valence-electron chi connectivity index (χ2n) is 7.74. The van der Waals surface area contributed by atoms with Crippen molar-refractivity contribution in [3.63, 3.8) is 0 Å². The van der Waals surface area contributed by atoms with Gasteiger partial charge in [0.25, 0.3) is 0 Å². The number of amides is 1. The molecular weight excluding hydrogens is 386 g/mol. The Morgan fingerprint density at radius 2 is 1.97 bits per heavy atom. The first-order valence-corrected chi connectivity index (χ1v) is 10.5. The Morgan fingerprint density at radius 1 is 1.27 bits per heavy atom. The Labute approximate surface area is 178 Å². The topological polar surface area (TPSA) is 41.6 Å². The monoisotopic (exact) mass is 418 g/mol. The normalized spacial score (nSPS) is 17.0. The maximum Gasteiger partial charge on any atom is 0.244 e. The molecule has 4 nitrogen and oxygen atoms in total. The van der Waals surface area contributed by atoms with Crippen molar-refractivity contribution in [3.05, 3.63) is 64.9 Å². The standard InChI is InChI=1S/C24H32F2N2O2/c1-5-22(27-23(29)10-9-19-7-6-8-21(25)24(19)26)20(15-17(2)3)16-18(4)28-11-13-30-14-12-28/h6-10,15-17,22H,5,11-14H2,1-4H3,(H,27,29)/b10-9+,18-16+,20-15+. The number of morpholine rings is 1. The molecule has 0 saturated carbocycles. The highest BCUT2D eigenvalue weighted by Crippen LogP contribution is 2.18. The first kappa shape index (κ1) is 23.8. The molecule has 1 fully saturated rings. The number of nitrogens with zero attached hydrogens (tertiary/aromatic N) is 1. The summed E-state index contributed by atoms with van der Waals surface area (Å²) in [5.74, 6) is -1.93. The number of benzene rings is 1. The van der Waals surface area contributed by atoms with E-state index in [1.807, 2.05) is 6.92 Å². The van der Waals surface area contributed by atoms with Crippen molar-refractivity contribution in [1.29, 1.82) is 0 Å². The predicted octanol–water partition coefficient (Wildman–Crippen LogP) is 4.69. The second-order valence-corrected chi connectivity index (χ2v) is 7.74. The highest BCUT2D eigenvalue weighted by molar-refractivity contribution is 5.92. The van der Waals surface area contributed by atoms with Gasteiger partial charge in [-0.3, -0.25) is 4.79 Å². The van der Waals surface area contributed by atoms with Crippen LogP contribution in [0.2, 0.25) is 0 Å². The molecule has 0 spiro atoms. The van der Waals surface area contributed by atoms with E-state index in [1.165, 1.54) is 24.3 Å². The van der Waals surface area contributed by atoms with E-state index in [1.54, 1.807) is 0 Å². The van der Waals surface area contributed by atoms with E-state index < -0.39 is 11.6 Å². The average Bonchev–Trinajstić information content (AvgIpc) is 2.72. The van der Waals surface area contributed by atoms with Crippen LogP contribution < -0.4 is 5.32 Å². The number of allylic oxidation sites excluding steroid dienone is 2. The fourth-order valence-corrected chi connectivity index (χ4v) is 3.35. The average molecular weight is 419 g/mol. The van der Waals surface area contributed by atoms with Crippen LogP contribution in [0.1, 0.15) is 39.7 Å². The minimum absolute atomic E-state index is 0.0409. The maximum atomic E-state index is 13.8. The van der Waals surface area contributed by atoms with Gasteiger partial charge in [-0.2, -0.15) is 0 Å². The molecule has 1 heterocycles. The molecule has 0 bridgehead atoms. The van der Waals surface area contributed by atoms with Crippen molar-refractivity contribution < 1.29 is 18.3 Å². The predicted molar refractivity (Wildman–Crippen MR) is 117 cm³/mol. The van der Waals surface area contributed by atoms with Crippen molar-refractivity contribution in [3.8, 4) is 0 Å². The summed E-state index contributed by atoms with van der Waals surface area (Å²) in [5, 5.41) is 2.99. The molecule has 30 heavy (non-hydrogen) atoms. The zero-order valence-electron chi connectivity index (χ0n) is 18.3. The Kier molecular flexibility index (Phi) is 9.24. The molecule has 1 saturated heterocycles. The van der Waals surface area contributed by atoms with Crippen LogP contribution in [0, 0.1) is 17.6 Å². The van der Waals surface area contributed by atoms with Crippen molar-refractivity contribution >= 4 is 12.0 Å². The summed E-state index contributed by atoms with van der Waals surface area (Å²) in [5.41, 5.74) is 2.21. The molecule has 1 atom stereocenters. The molecule has 1 aliphatic rings. The highest BCUT2D eigenvalue weighted by atomic mass is 19.2. The largest absolute Gasteiger partial charge is 0.378 e. The van der Waals surface area contributed by atoms with E-state index >= 15 is 0 Å². The Hall–Kier alpha value is -2.47. The summed E-state index contributed by atoms with van der Waals surface area (Å²) in [7, 11) is 0. The van der Waals surface area contributed by atoms with E-state index in [2.05, 4.69) is 43.1 Å². The molecule has 1 aliphatic heterocycles. The van der Waals surface area contributed by atoms with Gasteiger partial charge in [-0.05, 0) is 43.1 Å². The van der Waals surface area contributed by atoms with Crippen LogP contribution in [-0.2, 0) is 9.53 Å². The molecule has 6 heteroatoms. The molecular formula is C24H32F2N2O2. The Balaban J connectivity index is 2.15. The molecule has 0 aliphatic carbocycles. The quantitative estimate of drug-likeness (QED) is 0.492. The van der Waals surface area contributed by atoms with Crippen molar-refractivity contribution in [2.45, 2.75) is 40.2 Å². The molecule has 1 N–H and O–H groups in total. The number of carbonyl (C=O) groups excluding carboxylic acids is 1. The van der Waals surface area contributed by atoms with Crippen LogP contribution in [0.25, 0.3) is 6.08 Å². The Bertz CT molecular complexity index is 809. The van der Waals surface area contributed by atoms with E-state index in [0.29, 0.717) is 25.6 Å². The first-order chi connectivity index (χ1) is 14.3. The third-order valence-corrected chi connectivity index (χ3v) is 4.93. The van der Waals surface area contributed by atoms with Crippen LogP contribution in [0.5, 0.6) is 0 Å². The molecule has 2 rings (SSSR count). The lowest BCUT2D eigenvalue weighted by Crippen LogP contribution is -2.36. The van der Waals surface area contributed by atoms with Gasteiger partial charge in [-0.1, -0.05) is 39.0 Å². The molecule has 0 aromatic heterocycles. The molecule has 1 aromatic rings. The van der Waals surface area contributed by atoms with Gasteiger partial charge in [0.15, 0.2) is 11.6 Å². The third-order valence-electron chi connectivity index (χ3n) is 4.93. The number of ether oxygens (including phenoxy) is 1. The molecule has 1 aromatic carbocycles. The first-order valence-electron chi connectivity index (χ1n) is 10.5. The number of rotatable bonds is 8. The SMILES string of the molecule is CCC(NC(=O)/C=C/c1cccc(F)c1F)C(=C/C(C)C)/C=C(\C)N1CCOCC1. The van der Waals surface area contributed by atoms with E-state index in [9.17, 15) is 13.6 Å². The third kappa shape index (κ3) is 7.10. The van der Waals surface area contributed by atoms with Crippen molar-refractivity contribution in [1.82, 2.24) is 10.2 Å². The minimum atomic E-state index is -0.960. The lowest BCUT2D eigenvalue weighted by atomic mass is 9.98. The summed E-state index contributed by atoms with van der Waals surface area (Å²) in [4.78, 5) is 14.7. The zero-order chi connectivity index (χ0) is 22.1. The van der Waals surface area contributed by atoms with Crippen LogP contribution in [0.3, 0.4) is 0 Å².